The highest BCUT2D eigenvalue weighted by atomic mass is 35.5. The molecule has 2 fully saturated rings. The molecule has 7 N–H and O–H groups in total. The highest BCUT2D eigenvalue weighted by Gasteiger charge is 2.43. The van der Waals surface area contributed by atoms with Crippen LogP contribution >= 0.6 is 12.4 Å². The first-order chi connectivity index (χ1) is 20.3. The predicted octanol–water partition coefficient (Wildman–Crippen LogP) is 1.11. The third-order valence-corrected chi connectivity index (χ3v) is 9.04. The Morgan fingerprint density at radius 1 is 0.909 bits per heavy atom. The molecule has 0 radical (unpaired) electrons. The molecule has 12 nitrogen and oxygen atoms in total. The standard InChI is InChI=1S/C31H44N6O6.ClH/c1-31(2,3)25(27(33)40)36-30(43)35-23(20-15-18-10-4-5-11-19(18)16-20)29(42)37-13-7-12-22(37)28(41)34-21(24(38)26(32)39)14-17-8-6-9-17;/h4-5,10-11,17,20-23,25H,6-9,12-16H2,1-3H3,(H2,32,39)(H2,33,40)(H,34,41)(H2,35,36,43);1H. The number of amides is 6. The fraction of sp³-hybridized carbons (Fsp3) is 0.613. The summed E-state index contributed by atoms with van der Waals surface area (Å²) in [4.78, 5) is 78.7. The number of carbonyl (C=O) groups excluding carboxylic acids is 6. The topological polar surface area (TPSA) is 194 Å². The minimum atomic E-state index is -1.11. The largest absolute Gasteiger partial charge is 0.368 e. The molecule has 1 saturated heterocycles. The number of benzene rings is 1. The van der Waals surface area contributed by atoms with Crippen LogP contribution in [0.4, 0.5) is 4.79 Å². The molecule has 4 unspecified atom stereocenters. The van der Waals surface area contributed by atoms with Gasteiger partial charge in [0.2, 0.25) is 23.5 Å². The van der Waals surface area contributed by atoms with Crippen molar-refractivity contribution in [2.24, 2.45) is 28.7 Å². The van der Waals surface area contributed by atoms with Crippen molar-refractivity contribution in [2.75, 3.05) is 6.54 Å². The van der Waals surface area contributed by atoms with Gasteiger partial charge in [0.25, 0.3) is 5.91 Å². The number of rotatable bonds is 11. The van der Waals surface area contributed by atoms with Gasteiger partial charge in [0.1, 0.15) is 18.1 Å². The van der Waals surface area contributed by atoms with Crippen LogP contribution in [0.2, 0.25) is 0 Å². The van der Waals surface area contributed by atoms with E-state index in [0.717, 1.165) is 30.4 Å². The number of nitrogens with one attached hydrogen (secondary N) is 3. The second-order valence-corrected chi connectivity index (χ2v) is 13.2. The van der Waals surface area contributed by atoms with Crippen molar-refractivity contribution >= 4 is 47.9 Å². The molecule has 13 heteroatoms. The number of nitrogens with two attached hydrogens (primary N) is 2. The monoisotopic (exact) mass is 632 g/mol. The van der Waals surface area contributed by atoms with Gasteiger partial charge in [0, 0.05) is 6.54 Å². The maximum Gasteiger partial charge on any atom is 0.316 e. The van der Waals surface area contributed by atoms with Gasteiger partial charge in [-0.05, 0) is 60.5 Å². The van der Waals surface area contributed by atoms with Crippen molar-refractivity contribution in [3.8, 4) is 0 Å². The molecule has 1 saturated carbocycles. The molecule has 1 aromatic carbocycles. The molecule has 2 aliphatic carbocycles. The number of hydrogen-bond acceptors (Lipinski definition) is 6. The summed E-state index contributed by atoms with van der Waals surface area (Å²) in [5.41, 5.74) is 12.3. The van der Waals surface area contributed by atoms with Crippen LogP contribution in [0.3, 0.4) is 0 Å². The van der Waals surface area contributed by atoms with Crippen LogP contribution in [0.5, 0.6) is 0 Å². The Morgan fingerprint density at radius 2 is 1.52 bits per heavy atom. The SMILES string of the molecule is CC(C)(C)C(NC(=O)NC(C(=O)N1CCCC1C(=O)NC(CC1CCC1)C(=O)C(N)=O)C1Cc2ccccc2C1)C(N)=O.Cl. The first kappa shape index (κ1) is 34.8. The number of carbonyl (C=O) groups is 6. The van der Waals surface area contributed by atoms with Gasteiger partial charge in [0.15, 0.2) is 0 Å². The third-order valence-electron chi connectivity index (χ3n) is 9.04. The van der Waals surface area contributed by atoms with E-state index in [1.165, 1.54) is 4.90 Å². The van der Waals surface area contributed by atoms with E-state index >= 15 is 0 Å². The van der Waals surface area contributed by atoms with Crippen LogP contribution in [0.15, 0.2) is 24.3 Å². The van der Waals surface area contributed by atoms with Gasteiger partial charge in [0.05, 0.1) is 6.04 Å². The average molecular weight is 633 g/mol. The number of hydrogen-bond donors (Lipinski definition) is 5. The summed E-state index contributed by atoms with van der Waals surface area (Å²) in [5, 5.41) is 8.15. The molecule has 4 rings (SSSR count). The molecule has 1 aliphatic heterocycles. The molecule has 4 atom stereocenters. The average Bonchev–Trinajstić information content (AvgIpc) is 3.57. The zero-order valence-electron chi connectivity index (χ0n) is 25.6. The number of ketones is 1. The van der Waals surface area contributed by atoms with E-state index < -0.39 is 65.0 Å². The Labute approximate surface area is 264 Å². The third kappa shape index (κ3) is 8.08. The maximum absolute atomic E-state index is 14.2. The highest BCUT2D eigenvalue weighted by Crippen LogP contribution is 2.32. The number of Topliss-reactive ketones (excluding diaryl/α,β-unsaturated/α-hetero) is 1. The van der Waals surface area contributed by atoms with Gasteiger partial charge < -0.3 is 32.3 Å². The fourth-order valence-corrected chi connectivity index (χ4v) is 6.45. The molecule has 44 heavy (non-hydrogen) atoms. The molecule has 0 aromatic heterocycles. The lowest BCUT2D eigenvalue weighted by molar-refractivity contribution is -0.143. The summed E-state index contributed by atoms with van der Waals surface area (Å²) in [5.74, 6) is -3.66. The Kier molecular flexibility index (Phi) is 11.4. The van der Waals surface area contributed by atoms with Crippen molar-refractivity contribution in [2.45, 2.75) is 96.3 Å². The predicted molar refractivity (Wildman–Crippen MR) is 165 cm³/mol. The van der Waals surface area contributed by atoms with E-state index in [1.54, 1.807) is 20.8 Å². The maximum atomic E-state index is 14.2. The minimum absolute atomic E-state index is 0. The Hall–Kier alpha value is -3.67. The normalized spacial score (nSPS) is 20.2. The van der Waals surface area contributed by atoms with Crippen molar-refractivity contribution < 1.29 is 28.8 Å². The molecule has 242 valence electrons. The molecule has 6 amide bonds. The van der Waals surface area contributed by atoms with Crippen LogP contribution < -0.4 is 27.4 Å². The van der Waals surface area contributed by atoms with Crippen LogP contribution in [0.1, 0.15) is 70.4 Å². The molecular weight excluding hydrogens is 588 g/mol. The summed E-state index contributed by atoms with van der Waals surface area (Å²) in [6, 6.07) is 3.23. The highest BCUT2D eigenvalue weighted by molar-refractivity contribution is 6.37. The molecular formula is C31H45ClN6O6. The second kappa shape index (κ2) is 14.4. The summed E-state index contributed by atoms with van der Waals surface area (Å²) in [7, 11) is 0. The lowest BCUT2D eigenvalue weighted by atomic mass is 9.80. The number of urea groups is 1. The molecule has 1 heterocycles. The van der Waals surface area contributed by atoms with Crippen molar-refractivity contribution in [3.63, 3.8) is 0 Å². The molecule has 1 aromatic rings. The number of likely N-dealkylation sites (tertiary alicyclic amines) is 1. The lowest BCUT2D eigenvalue weighted by Gasteiger charge is -2.34. The van der Waals surface area contributed by atoms with E-state index in [4.69, 9.17) is 11.5 Å². The Morgan fingerprint density at radius 3 is 2.02 bits per heavy atom. The number of halogens is 1. The first-order valence-electron chi connectivity index (χ1n) is 15.1. The lowest BCUT2D eigenvalue weighted by Crippen LogP contribution is -2.61. The van der Waals surface area contributed by atoms with E-state index in [9.17, 15) is 28.8 Å². The quantitative estimate of drug-likeness (QED) is 0.227. The van der Waals surface area contributed by atoms with E-state index in [-0.39, 0.29) is 24.2 Å². The van der Waals surface area contributed by atoms with E-state index in [0.29, 0.717) is 38.6 Å². The van der Waals surface area contributed by atoms with Crippen LogP contribution in [0.25, 0.3) is 0 Å². The Bertz CT molecular complexity index is 1250. The summed E-state index contributed by atoms with van der Waals surface area (Å²) >= 11 is 0. The van der Waals surface area contributed by atoms with Crippen LogP contribution in [-0.2, 0) is 36.8 Å². The summed E-state index contributed by atoms with van der Waals surface area (Å²) < 4.78 is 0. The van der Waals surface area contributed by atoms with Crippen molar-refractivity contribution in [1.29, 1.82) is 0 Å². The molecule has 0 spiro atoms. The first-order valence-corrected chi connectivity index (χ1v) is 15.1. The van der Waals surface area contributed by atoms with E-state index in [2.05, 4.69) is 16.0 Å². The van der Waals surface area contributed by atoms with Crippen molar-refractivity contribution in [1.82, 2.24) is 20.9 Å². The number of primary amides is 2. The van der Waals surface area contributed by atoms with Gasteiger partial charge in [-0.1, -0.05) is 64.3 Å². The fourth-order valence-electron chi connectivity index (χ4n) is 6.45. The summed E-state index contributed by atoms with van der Waals surface area (Å²) in [6.45, 7) is 5.61. The van der Waals surface area contributed by atoms with Crippen LogP contribution in [-0.4, -0.2) is 71.1 Å². The van der Waals surface area contributed by atoms with E-state index in [1.807, 2.05) is 24.3 Å². The second-order valence-electron chi connectivity index (χ2n) is 13.2. The smallest absolute Gasteiger partial charge is 0.316 e. The number of fused-ring (bicyclic) bond motifs is 1. The molecule has 0 bridgehead atoms. The van der Waals surface area contributed by atoms with Gasteiger partial charge in [-0.15, -0.1) is 12.4 Å². The zero-order chi connectivity index (χ0) is 31.5. The zero-order valence-corrected chi connectivity index (χ0v) is 26.4. The van der Waals surface area contributed by atoms with Gasteiger partial charge in [-0.2, -0.15) is 0 Å². The minimum Gasteiger partial charge on any atom is -0.368 e. The van der Waals surface area contributed by atoms with Gasteiger partial charge >= 0.3 is 6.03 Å². The van der Waals surface area contributed by atoms with Crippen LogP contribution in [0, 0.1) is 17.3 Å². The van der Waals surface area contributed by atoms with Gasteiger partial charge in [-0.3, -0.25) is 24.0 Å². The van der Waals surface area contributed by atoms with Crippen molar-refractivity contribution in [3.05, 3.63) is 35.4 Å². The number of nitrogens with zero attached hydrogens (tertiary/aromatic N) is 1. The molecule has 3 aliphatic rings. The van der Waals surface area contributed by atoms with Gasteiger partial charge in [-0.25, -0.2) is 4.79 Å². The summed E-state index contributed by atoms with van der Waals surface area (Å²) in [6.07, 6.45) is 5.21. The Balaban J connectivity index is 0.00000529.